The molecule has 4 nitrogen and oxygen atoms in total. The van der Waals surface area contributed by atoms with Gasteiger partial charge in [0.1, 0.15) is 0 Å². The molecule has 13 heavy (non-hydrogen) atoms. The van der Waals surface area contributed by atoms with Crippen LogP contribution in [-0.4, -0.2) is 44.8 Å². The van der Waals surface area contributed by atoms with Crippen molar-refractivity contribution in [2.24, 2.45) is 0 Å². The van der Waals surface area contributed by atoms with Gasteiger partial charge in [-0.25, -0.2) is 4.31 Å². The minimum Gasteiger partial charge on any atom is -0.317 e. The van der Waals surface area contributed by atoms with Gasteiger partial charge < -0.3 is 5.32 Å². The maximum atomic E-state index is 9.75. The molecule has 2 heterocycles. The Hall–Kier alpha value is 0.190. The highest BCUT2D eigenvalue weighted by Crippen LogP contribution is 2.50. The van der Waals surface area contributed by atoms with Gasteiger partial charge in [-0.1, -0.05) is 0 Å². The Morgan fingerprint density at radius 1 is 1.23 bits per heavy atom. The number of hydrogen-bond acceptors (Lipinski definition) is 4. The third kappa shape index (κ3) is 1.99. The van der Waals surface area contributed by atoms with E-state index >= 15 is 0 Å². The largest absolute Gasteiger partial charge is 0.317 e. The summed E-state index contributed by atoms with van der Waals surface area (Å²) in [5.41, 5.74) is 0. The first-order valence-corrected chi connectivity index (χ1v) is 6.61. The normalized spacial score (nSPS) is 33.4. The molecule has 3 N–H and O–H groups in total. The third-order valence-electron chi connectivity index (χ3n) is 2.89. The van der Waals surface area contributed by atoms with Crippen molar-refractivity contribution in [3.63, 3.8) is 0 Å². The standard InChI is InChI=1S/C8H18N2O2S/c11-13(12)7-1-6-10(13)8-2-4-9-5-3-8/h8-9,11-12H,1-7H2. The molecule has 2 rings (SSSR count). The molecule has 0 aromatic rings. The van der Waals surface area contributed by atoms with Gasteiger partial charge in [0.25, 0.3) is 0 Å². The van der Waals surface area contributed by atoms with Crippen molar-refractivity contribution in [2.45, 2.75) is 25.3 Å². The van der Waals surface area contributed by atoms with Crippen LogP contribution >= 0.6 is 10.8 Å². The van der Waals surface area contributed by atoms with Crippen LogP contribution in [0.2, 0.25) is 0 Å². The topological polar surface area (TPSA) is 55.7 Å². The maximum absolute atomic E-state index is 9.75. The van der Waals surface area contributed by atoms with Crippen molar-refractivity contribution in [2.75, 3.05) is 25.4 Å². The predicted molar refractivity (Wildman–Crippen MR) is 54.9 cm³/mol. The van der Waals surface area contributed by atoms with Gasteiger partial charge in [-0.3, -0.25) is 9.11 Å². The van der Waals surface area contributed by atoms with Crippen LogP contribution in [0.1, 0.15) is 19.3 Å². The van der Waals surface area contributed by atoms with Gasteiger partial charge in [-0.15, -0.1) is 10.8 Å². The second-order valence-corrected chi connectivity index (χ2v) is 5.95. The Kier molecular flexibility index (Phi) is 2.80. The fraction of sp³-hybridized carbons (Fsp3) is 1.00. The van der Waals surface area contributed by atoms with Crippen molar-refractivity contribution in [1.82, 2.24) is 9.62 Å². The first kappa shape index (κ1) is 9.73. The minimum atomic E-state index is -2.38. The lowest BCUT2D eigenvalue weighted by Gasteiger charge is -2.43. The van der Waals surface area contributed by atoms with Gasteiger partial charge in [-0.05, 0) is 32.4 Å². The molecule has 0 aromatic heterocycles. The van der Waals surface area contributed by atoms with E-state index in [1.807, 2.05) is 4.31 Å². The van der Waals surface area contributed by atoms with Crippen LogP contribution in [0.3, 0.4) is 0 Å². The highest BCUT2D eigenvalue weighted by molar-refractivity contribution is 8.22. The lowest BCUT2D eigenvalue weighted by atomic mass is 10.1. The van der Waals surface area contributed by atoms with Crippen molar-refractivity contribution in [3.8, 4) is 0 Å². The smallest absolute Gasteiger partial charge is 0.0543 e. The predicted octanol–water partition coefficient (Wildman–Crippen LogP) is 1.11. The second kappa shape index (κ2) is 3.74. The summed E-state index contributed by atoms with van der Waals surface area (Å²) in [5.74, 6) is 0.580. The first-order valence-electron chi connectivity index (χ1n) is 4.93. The summed E-state index contributed by atoms with van der Waals surface area (Å²) in [4.78, 5) is 0. The van der Waals surface area contributed by atoms with Crippen molar-refractivity contribution in [3.05, 3.63) is 0 Å². The summed E-state index contributed by atoms with van der Waals surface area (Å²) in [6, 6.07) is 0.397. The molecule has 78 valence electrons. The van der Waals surface area contributed by atoms with E-state index in [9.17, 15) is 9.11 Å². The van der Waals surface area contributed by atoms with Gasteiger partial charge >= 0.3 is 0 Å². The Labute approximate surface area is 80.8 Å². The highest BCUT2D eigenvalue weighted by atomic mass is 32.3. The van der Waals surface area contributed by atoms with Crippen LogP contribution in [0.15, 0.2) is 0 Å². The Morgan fingerprint density at radius 2 is 1.92 bits per heavy atom. The summed E-state index contributed by atoms with van der Waals surface area (Å²) in [6.45, 7) is 2.89. The molecule has 0 bridgehead atoms. The van der Waals surface area contributed by atoms with Crippen LogP contribution in [0, 0.1) is 0 Å². The van der Waals surface area contributed by atoms with E-state index in [0.717, 1.165) is 38.9 Å². The third-order valence-corrected chi connectivity index (χ3v) is 4.96. The minimum absolute atomic E-state index is 0.397. The molecule has 0 aromatic carbocycles. The van der Waals surface area contributed by atoms with Crippen molar-refractivity contribution in [1.29, 1.82) is 0 Å². The summed E-state index contributed by atoms with van der Waals surface area (Å²) in [7, 11) is -2.38. The van der Waals surface area contributed by atoms with Crippen molar-refractivity contribution < 1.29 is 9.11 Å². The summed E-state index contributed by atoms with van der Waals surface area (Å²) in [6.07, 6.45) is 3.04. The van der Waals surface area contributed by atoms with E-state index in [0.29, 0.717) is 11.8 Å². The van der Waals surface area contributed by atoms with E-state index in [1.165, 1.54) is 0 Å². The Balaban J connectivity index is 1.98. The fourth-order valence-corrected chi connectivity index (χ4v) is 4.05. The first-order chi connectivity index (χ1) is 6.20. The van der Waals surface area contributed by atoms with E-state index < -0.39 is 10.8 Å². The monoisotopic (exact) mass is 206 g/mol. The number of rotatable bonds is 1. The molecule has 0 radical (unpaired) electrons. The van der Waals surface area contributed by atoms with E-state index in [-0.39, 0.29) is 0 Å². The number of nitrogens with zero attached hydrogens (tertiary/aromatic N) is 1. The van der Waals surface area contributed by atoms with Crippen LogP contribution in [0.4, 0.5) is 0 Å². The quantitative estimate of drug-likeness (QED) is 0.601. The van der Waals surface area contributed by atoms with E-state index in [1.54, 1.807) is 0 Å². The molecule has 2 aliphatic heterocycles. The van der Waals surface area contributed by atoms with Gasteiger partial charge in [0, 0.05) is 12.6 Å². The molecule has 0 atom stereocenters. The molecular weight excluding hydrogens is 188 g/mol. The van der Waals surface area contributed by atoms with Crippen LogP contribution < -0.4 is 5.32 Å². The molecule has 5 heteroatoms. The number of hydrogen-bond donors (Lipinski definition) is 3. The average Bonchev–Trinajstić information content (AvgIpc) is 2.47. The number of nitrogens with one attached hydrogen (secondary N) is 1. The molecular formula is C8H18N2O2S. The zero-order valence-corrected chi connectivity index (χ0v) is 8.59. The van der Waals surface area contributed by atoms with Gasteiger partial charge in [-0.2, -0.15) is 0 Å². The van der Waals surface area contributed by atoms with Crippen molar-refractivity contribution >= 4 is 10.8 Å². The molecule has 0 saturated carbocycles. The molecule has 2 aliphatic rings. The van der Waals surface area contributed by atoms with Crippen LogP contribution in [0.5, 0.6) is 0 Å². The average molecular weight is 206 g/mol. The summed E-state index contributed by atoms with van der Waals surface area (Å²) >= 11 is 0. The lowest BCUT2D eigenvalue weighted by Crippen LogP contribution is -2.42. The zero-order valence-electron chi connectivity index (χ0n) is 7.78. The van der Waals surface area contributed by atoms with E-state index in [4.69, 9.17) is 0 Å². The zero-order chi connectivity index (χ0) is 9.31. The van der Waals surface area contributed by atoms with Gasteiger partial charge in [0.2, 0.25) is 0 Å². The van der Waals surface area contributed by atoms with Gasteiger partial charge in [0.05, 0.1) is 5.75 Å². The van der Waals surface area contributed by atoms with Crippen LogP contribution in [0.25, 0.3) is 0 Å². The summed E-state index contributed by atoms with van der Waals surface area (Å²) < 4.78 is 21.4. The number of piperidine rings is 1. The Bertz CT molecular complexity index is 183. The Morgan fingerprint density at radius 3 is 2.46 bits per heavy atom. The molecule has 0 aliphatic carbocycles. The maximum Gasteiger partial charge on any atom is 0.0543 e. The van der Waals surface area contributed by atoms with Crippen LogP contribution in [-0.2, 0) is 0 Å². The second-order valence-electron chi connectivity index (χ2n) is 3.81. The fourth-order valence-electron chi connectivity index (χ4n) is 2.19. The lowest BCUT2D eigenvalue weighted by molar-refractivity contribution is 0.256. The van der Waals surface area contributed by atoms with E-state index in [2.05, 4.69) is 5.32 Å². The molecule has 0 amide bonds. The molecule has 2 fully saturated rings. The molecule has 2 saturated heterocycles. The molecule has 0 unspecified atom stereocenters. The SMILES string of the molecule is OS1(O)CCCN1C1CCNCC1. The molecule has 0 spiro atoms. The van der Waals surface area contributed by atoms with Gasteiger partial charge in [0.15, 0.2) is 0 Å². The highest BCUT2D eigenvalue weighted by Gasteiger charge is 2.34. The summed E-state index contributed by atoms with van der Waals surface area (Å²) in [5, 5.41) is 3.28.